The summed E-state index contributed by atoms with van der Waals surface area (Å²) < 4.78 is 0. The smallest absolute Gasteiger partial charge is 0.253 e. The van der Waals surface area contributed by atoms with Gasteiger partial charge in [-0.15, -0.1) is 0 Å². The molecule has 1 amide bonds. The molecule has 0 fully saturated rings. The molecule has 2 heteroatoms. The van der Waals surface area contributed by atoms with Crippen LogP contribution >= 0.6 is 0 Å². The molecule has 0 aliphatic carbocycles. The molecule has 0 saturated carbocycles. The van der Waals surface area contributed by atoms with E-state index in [1.54, 1.807) is 4.90 Å². The molecule has 0 bridgehead atoms. The van der Waals surface area contributed by atoms with Crippen molar-refractivity contribution < 1.29 is 4.79 Å². The summed E-state index contributed by atoms with van der Waals surface area (Å²) in [5, 5.41) is 0. The highest BCUT2D eigenvalue weighted by molar-refractivity contribution is 5.94. The Morgan fingerprint density at radius 1 is 1.12 bits per heavy atom. The zero-order valence-electron chi connectivity index (χ0n) is 10.5. The molecule has 0 unspecified atom stereocenters. The summed E-state index contributed by atoms with van der Waals surface area (Å²) in [6.07, 6.45) is 3.22. The van der Waals surface area contributed by atoms with Gasteiger partial charge >= 0.3 is 0 Å². The first kappa shape index (κ1) is 12.8. The van der Waals surface area contributed by atoms with Crippen LogP contribution in [0.3, 0.4) is 0 Å². The lowest BCUT2D eigenvalue weighted by atomic mass is 10.1. The summed E-state index contributed by atoms with van der Waals surface area (Å²) >= 11 is 0. The Labute approximate surface area is 98.3 Å². The molecule has 0 aliphatic heterocycles. The number of hydrogen-bond donors (Lipinski definition) is 0. The van der Waals surface area contributed by atoms with Crippen molar-refractivity contribution in [2.45, 2.75) is 33.1 Å². The van der Waals surface area contributed by atoms with E-state index in [4.69, 9.17) is 0 Å². The van der Waals surface area contributed by atoms with Gasteiger partial charge < -0.3 is 4.90 Å². The highest BCUT2D eigenvalue weighted by atomic mass is 16.2. The lowest BCUT2D eigenvalue weighted by molar-refractivity contribution is 0.0795. The third-order valence-electron chi connectivity index (χ3n) is 2.65. The second-order valence-electron chi connectivity index (χ2n) is 4.17. The number of amides is 1. The van der Waals surface area contributed by atoms with Crippen LogP contribution in [0.1, 0.15) is 42.6 Å². The standard InChI is InChI=1S/C14H21NO/c1-4-6-12-7-9-13(10-8-12)14(16)15(3)11-5-2/h7-10H,4-6,11H2,1-3H3. The number of benzene rings is 1. The van der Waals surface area contributed by atoms with Crippen LogP contribution in [0.15, 0.2) is 24.3 Å². The van der Waals surface area contributed by atoms with Crippen molar-refractivity contribution in [3.05, 3.63) is 35.4 Å². The Morgan fingerprint density at radius 2 is 1.75 bits per heavy atom. The van der Waals surface area contributed by atoms with Gasteiger partial charge in [0.25, 0.3) is 5.91 Å². The normalized spacial score (nSPS) is 10.2. The molecule has 0 radical (unpaired) electrons. The zero-order chi connectivity index (χ0) is 12.0. The number of carbonyl (C=O) groups is 1. The highest BCUT2D eigenvalue weighted by Gasteiger charge is 2.09. The first-order valence-corrected chi connectivity index (χ1v) is 6.03. The van der Waals surface area contributed by atoms with Gasteiger partial charge in [-0.1, -0.05) is 32.4 Å². The zero-order valence-corrected chi connectivity index (χ0v) is 10.5. The lowest BCUT2D eigenvalue weighted by Crippen LogP contribution is -2.27. The molecule has 0 aliphatic rings. The Kier molecular flexibility index (Phi) is 5.03. The Morgan fingerprint density at radius 3 is 2.25 bits per heavy atom. The van der Waals surface area contributed by atoms with Crippen LogP contribution in [0.5, 0.6) is 0 Å². The SMILES string of the molecule is CCCc1ccc(C(=O)N(C)CCC)cc1. The first-order chi connectivity index (χ1) is 7.69. The minimum absolute atomic E-state index is 0.116. The van der Waals surface area contributed by atoms with Gasteiger partial charge in [0.1, 0.15) is 0 Å². The number of aryl methyl sites for hydroxylation is 1. The fourth-order valence-corrected chi connectivity index (χ4v) is 1.76. The van der Waals surface area contributed by atoms with E-state index in [1.807, 2.05) is 19.2 Å². The maximum Gasteiger partial charge on any atom is 0.253 e. The Balaban J connectivity index is 2.69. The monoisotopic (exact) mass is 219 g/mol. The van der Waals surface area contributed by atoms with E-state index in [0.29, 0.717) is 0 Å². The molecule has 0 spiro atoms. The Bertz CT molecular complexity index is 329. The summed E-state index contributed by atoms with van der Waals surface area (Å²) in [5.41, 5.74) is 2.09. The molecule has 0 heterocycles. The maximum atomic E-state index is 11.9. The fraction of sp³-hybridized carbons (Fsp3) is 0.500. The molecule has 0 aromatic heterocycles. The van der Waals surface area contributed by atoms with Crippen LogP contribution in [0.4, 0.5) is 0 Å². The van der Waals surface area contributed by atoms with Crippen LogP contribution in [-0.2, 0) is 6.42 Å². The van der Waals surface area contributed by atoms with E-state index in [9.17, 15) is 4.79 Å². The van der Waals surface area contributed by atoms with Gasteiger partial charge in [-0.2, -0.15) is 0 Å². The molecule has 0 atom stereocenters. The highest BCUT2D eigenvalue weighted by Crippen LogP contribution is 2.08. The summed E-state index contributed by atoms with van der Waals surface area (Å²) in [4.78, 5) is 13.7. The minimum atomic E-state index is 0.116. The van der Waals surface area contributed by atoms with E-state index in [1.165, 1.54) is 5.56 Å². The van der Waals surface area contributed by atoms with Crippen LogP contribution in [0.25, 0.3) is 0 Å². The predicted molar refractivity (Wildman–Crippen MR) is 67.7 cm³/mol. The second kappa shape index (κ2) is 6.31. The Hall–Kier alpha value is -1.31. The van der Waals surface area contributed by atoms with Crippen LogP contribution in [0.2, 0.25) is 0 Å². The van der Waals surface area contributed by atoms with Crippen LogP contribution in [0, 0.1) is 0 Å². The van der Waals surface area contributed by atoms with Gasteiger partial charge in [-0.25, -0.2) is 0 Å². The van der Waals surface area contributed by atoms with Gasteiger partial charge in [0, 0.05) is 19.2 Å². The van der Waals surface area contributed by atoms with Gasteiger partial charge in [-0.05, 0) is 30.5 Å². The summed E-state index contributed by atoms with van der Waals surface area (Å²) in [6, 6.07) is 7.96. The third kappa shape index (κ3) is 3.37. The van der Waals surface area contributed by atoms with Gasteiger partial charge in [0.2, 0.25) is 0 Å². The van der Waals surface area contributed by atoms with Crippen molar-refractivity contribution >= 4 is 5.91 Å². The van der Waals surface area contributed by atoms with Crippen molar-refractivity contribution in [1.29, 1.82) is 0 Å². The predicted octanol–water partition coefficient (Wildman–Crippen LogP) is 3.12. The molecule has 0 N–H and O–H groups in total. The largest absolute Gasteiger partial charge is 0.342 e. The maximum absolute atomic E-state index is 11.9. The molecule has 1 aromatic carbocycles. The third-order valence-corrected chi connectivity index (χ3v) is 2.65. The van der Waals surface area contributed by atoms with Gasteiger partial charge in [-0.3, -0.25) is 4.79 Å². The number of nitrogens with zero attached hydrogens (tertiary/aromatic N) is 1. The van der Waals surface area contributed by atoms with Crippen molar-refractivity contribution in [2.24, 2.45) is 0 Å². The minimum Gasteiger partial charge on any atom is -0.342 e. The molecular weight excluding hydrogens is 198 g/mol. The number of carbonyl (C=O) groups excluding carboxylic acids is 1. The molecule has 0 saturated heterocycles. The lowest BCUT2D eigenvalue weighted by Gasteiger charge is -2.16. The quantitative estimate of drug-likeness (QED) is 0.745. The summed E-state index contributed by atoms with van der Waals surface area (Å²) in [6.45, 7) is 5.05. The van der Waals surface area contributed by atoms with E-state index in [2.05, 4.69) is 26.0 Å². The summed E-state index contributed by atoms with van der Waals surface area (Å²) in [7, 11) is 1.85. The van der Waals surface area contributed by atoms with E-state index < -0.39 is 0 Å². The first-order valence-electron chi connectivity index (χ1n) is 6.03. The molecule has 88 valence electrons. The van der Waals surface area contributed by atoms with Crippen molar-refractivity contribution in [1.82, 2.24) is 4.90 Å². The average molecular weight is 219 g/mol. The van der Waals surface area contributed by atoms with Crippen LogP contribution in [-0.4, -0.2) is 24.4 Å². The average Bonchev–Trinajstić information content (AvgIpc) is 2.30. The van der Waals surface area contributed by atoms with Gasteiger partial charge in [0.05, 0.1) is 0 Å². The van der Waals surface area contributed by atoms with Gasteiger partial charge in [0.15, 0.2) is 0 Å². The molecular formula is C14H21NO. The molecule has 1 aromatic rings. The molecule has 16 heavy (non-hydrogen) atoms. The topological polar surface area (TPSA) is 20.3 Å². The number of rotatable bonds is 5. The van der Waals surface area contributed by atoms with Crippen molar-refractivity contribution in [3.63, 3.8) is 0 Å². The van der Waals surface area contributed by atoms with E-state index in [-0.39, 0.29) is 5.91 Å². The molecule has 1 rings (SSSR count). The van der Waals surface area contributed by atoms with Crippen molar-refractivity contribution in [3.8, 4) is 0 Å². The molecule has 2 nitrogen and oxygen atoms in total. The summed E-state index contributed by atoms with van der Waals surface area (Å²) in [5.74, 6) is 0.116. The van der Waals surface area contributed by atoms with E-state index in [0.717, 1.165) is 31.4 Å². The number of hydrogen-bond acceptors (Lipinski definition) is 1. The van der Waals surface area contributed by atoms with E-state index >= 15 is 0 Å². The van der Waals surface area contributed by atoms with Crippen LogP contribution < -0.4 is 0 Å². The van der Waals surface area contributed by atoms with Crippen molar-refractivity contribution in [2.75, 3.05) is 13.6 Å². The second-order valence-corrected chi connectivity index (χ2v) is 4.17. The fourth-order valence-electron chi connectivity index (χ4n) is 1.76.